The molecule has 0 aromatic heterocycles. The van der Waals surface area contributed by atoms with Gasteiger partial charge in [-0.05, 0) is 0 Å². The Hall–Kier alpha value is -0.570. The third kappa shape index (κ3) is 2.17. The predicted molar refractivity (Wildman–Crippen MR) is 21.3 cm³/mol. The maximum Gasteiger partial charge on any atom is 0.0508 e. The Kier molecular flexibility index (Phi) is 2.37. The molecule has 0 bridgehead atoms. The maximum atomic E-state index is 9.66. The lowest BCUT2D eigenvalue weighted by molar-refractivity contribution is -0.311. The van der Waals surface area contributed by atoms with Gasteiger partial charge in [0.05, 0.1) is 6.61 Å². The molecule has 42 valence electrons. The average molecular weight is 103 g/mol. The van der Waals surface area contributed by atoms with Crippen LogP contribution in [0.2, 0.25) is 0 Å². The van der Waals surface area contributed by atoms with Crippen LogP contribution in [-0.4, -0.2) is 17.7 Å². The molecule has 0 radical (unpaired) electrons. The summed E-state index contributed by atoms with van der Waals surface area (Å²) in [7, 11) is 0. The summed E-state index contributed by atoms with van der Waals surface area (Å²) >= 11 is 0. The second kappa shape index (κ2) is 2.58. The van der Waals surface area contributed by atoms with E-state index in [0.29, 0.717) is 0 Å². The van der Waals surface area contributed by atoms with Crippen molar-refractivity contribution in [2.75, 3.05) is 6.61 Å². The van der Waals surface area contributed by atoms with Gasteiger partial charge in [0, 0.05) is 11.9 Å². The lowest BCUT2D eigenvalue weighted by atomic mass is 10.2. The van der Waals surface area contributed by atoms with E-state index in [1.54, 1.807) is 0 Å². The first-order valence-electron chi connectivity index (χ1n) is 2.00. The fraction of sp³-hybridized carbons (Fsp3) is 0.750. The third-order valence-corrected chi connectivity index (χ3v) is 0.676. The van der Waals surface area contributed by atoms with E-state index in [9.17, 15) is 9.90 Å². The molecule has 0 unspecified atom stereocenters. The van der Waals surface area contributed by atoms with Gasteiger partial charge in [-0.1, -0.05) is 6.92 Å². The summed E-state index contributed by atoms with van der Waals surface area (Å²) in [6.45, 7) is 1.04. The van der Waals surface area contributed by atoms with Crippen molar-refractivity contribution in [3.63, 3.8) is 0 Å². The first kappa shape index (κ1) is 6.43. The number of aliphatic hydroxyl groups is 1. The minimum atomic E-state index is -1.21. The van der Waals surface area contributed by atoms with Gasteiger partial charge in [0.15, 0.2) is 0 Å². The summed E-state index contributed by atoms with van der Waals surface area (Å²) in [4.78, 5) is 9.66. The Morgan fingerprint density at radius 2 is 2.43 bits per heavy atom. The first-order chi connectivity index (χ1) is 3.18. The number of carboxylic acids is 1. The van der Waals surface area contributed by atoms with Crippen LogP contribution in [0, 0.1) is 5.92 Å². The monoisotopic (exact) mass is 103 g/mol. The topological polar surface area (TPSA) is 60.4 Å². The summed E-state index contributed by atoms with van der Waals surface area (Å²) in [5.74, 6) is -1.94. The summed E-state index contributed by atoms with van der Waals surface area (Å²) in [5.41, 5.74) is 0. The molecule has 3 heteroatoms. The van der Waals surface area contributed by atoms with Crippen molar-refractivity contribution < 1.29 is 15.0 Å². The van der Waals surface area contributed by atoms with Gasteiger partial charge >= 0.3 is 0 Å². The van der Waals surface area contributed by atoms with Crippen LogP contribution in [0.3, 0.4) is 0 Å². The van der Waals surface area contributed by atoms with Crippen LogP contribution in [0.4, 0.5) is 0 Å². The van der Waals surface area contributed by atoms with Crippen molar-refractivity contribution >= 4 is 5.97 Å². The van der Waals surface area contributed by atoms with Gasteiger partial charge in [-0.3, -0.25) is 0 Å². The molecule has 1 N–H and O–H groups in total. The summed E-state index contributed by atoms with van der Waals surface area (Å²) in [6, 6.07) is 0. The van der Waals surface area contributed by atoms with Crippen LogP contribution in [0.1, 0.15) is 6.92 Å². The quantitative estimate of drug-likeness (QED) is 0.456. The Bertz CT molecular complexity index is 69.3. The molecule has 0 saturated heterocycles. The van der Waals surface area contributed by atoms with Gasteiger partial charge in [0.1, 0.15) is 0 Å². The first-order valence-corrected chi connectivity index (χ1v) is 2.00. The minimum absolute atomic E-state index is 0.345. The second-order valence-corrected chi connectivity index (χ2v) is 1.40. The number of carboxylic acid groups (broad SMARTS) is 1. The van der Waals surface area contributed by atoms with Crippen LogP contribution in [-0.2, 0) is 4.79 Å². The lowest BCUT2D eigenvalue weighted by Crippen LogP contribution is -2.31. The Balaban J connectivity index is 3.34. The fourth-order valence-corrected chi connectivity index (χ4v) is 0.0745. The van der Waals surface area contributed by atoms with E-state index < -0.39 is 11.9 Å². The van der Waals surface area contributed by atoms with E-state index in [0.717, 1.165) is 0 Å². The third-order valence-electron chi connectivity index (χ3n) is 0.676. The molecule has 0 rings (SSSR count). The fourth-order valence-electron chi connectivity index (χ4n) is 0.0745. The molecule has 0 aliphatic heterocycles. The predicted octanol–water partition coefficient (Wildman–Crippen LogP) is -1.64. The summed E-state index contributed by atoms with van der Waals surface area (Å²) < 4.78 is 0. The number of rotatable bonds is 2. The zero-order chi connectivity index (χ0) is 5.86. The van der Waals surface area contributed by atoms with Crippen molar-refractivity contribution in [1.82, 2.24) is 0 Å². The molecule has 0 saturated carbocycles. The van der Waals surface area contributed by atoms with Crippen molar-refractivity contribution in [3.8, 4) is 0 Å². The zero-order valence-electron chi connectivity index (χ0n) is 4.05. The average Bonchev–Trinajstić information content (AvgIpc) is 1.65. The molecule has 0 aromatic carbocycles. The highest BCUT2D eigenvalue weighted by Gasteiger charge is 1.96. The van der Waals surface area contributed by atoms with Crippen LogP contribution in [0.15, 0.2) is 0 Å². The van der Waals surface area contributed by atoms with Gasteiger partial charge in [0.25, 0.3) is 0 Å². The molecule has 3 nitrogen and oxygen atoms in total. The highest BCUT2D eigenvalue weighted by Crippen LogP contribution is 1.86. The van der Waals surface area contributed by atoms with E-state index in [4.69, 9.17) is 5.11 Å². The second-order valence-electron chi connectivity index (χ2n) is 1.40. The van der Waals surface area contributed by atoms with E-state index in [1.807, 2.05) is 0 Å². The molecule has 0 aromatic rings. The van der Waals surface area contributed by atoms with Crippen molar-refractivity contribution in [1.29, 1.82) is 0 Å². The molecule has 0 aliphatic rings. The summed E-state index contributed by atoms with van der Waals surface area (Å²) in [5, 5.41) is 17.7. The number of carbonyl (C=O) groups excluding carboxylic acids is 1. The molecular formula is C4H7O3-. The number of hydrogen-bond donors (Lipinski definition) is 1. The van der Waals surface area contributed by atoms with Gasteiger partial charge in [-0.15, -0.1) is 0 Å². The molecular weight excluding hydrogens is 96.0 g/mol. The van der Waals surface area contributed by atoms with Crippen LogP contribution < -0.4 is 5.11 Å². The molecule has 0 fully saturated rings. The highest BCUT2D eigenvalue weighted by molar-refractivity contribution is 5.67. The van der Waals surface area contributed by atoms with Gasteiger partial charge in [-0.25, -0.2) is 0 Å². The van der Waals surface area contributed by atoms with Crippen molar-refractivity contribution in [2.24, 2.45) is 5.92 Å². The number of aliphatic hydroxyl groups excluding tert-OH is 1. The molecule has 0 aliphatic carbocycles. The standard InChI is InChI=1S/C4H8O3/c1-3(2-5)4(6)7/h3,5H,2H2,1H3,(H,6,7)/p-1/t3-/m1/s1. The van der Waals surface area contributed by atoms with Crippen LogP contribution in [0.5, 0.6) is 0 Å². The highest BCUT2D eigenvalue weighted by atomic mass is 16.4. The van der Waals surface area contributed by atoms with Gasteiger partial charge in [-0.2, -0.15) is 0 Å². The van der Waals surface area contributed by atoms with E-state index in [-0.39, 0.29) is 6.61 Å². The van der Waals surface area contributed by atoms with E-state index >= 15 is 0 Å². The maximum absolute atomic E-state index is 9.66. The smallest absolute Gasteiger partial charge is 0.0508 e. The normalized spacial score (nSPS) is 13.4. The Morgan fingerprint density at radius 3 is 2.43 bits per heavy atom. The van der Waals surface area contributed by atoms with Crippen LogP contribution in [0.25, 0.3) is 0 Å². The van der Waals surface area contributed by atoms with E-state index in [1.165, 1.54) is 6.92 Å². The molecule has 0 heterocycles. The van der Waals surface area contributed by atoms with Crippen LogP contribution >= 0.6 is 0 Å². The van der Waals surface area contributed by atoms with E-state index in [2.05, 4.69) is 0 Å². The van der Waals surface area contributed by atoms with Gasteiger partial charge in [0.2, 0.25) is 0 Å². The SMILES string of the molecule is C[C@H](CO)C(=O)[O-]. The Morgan fingerprint density at radius 1 is 2.00 bits per heavy atom. The number of aliphatic carboxylic acids is 1. The van der Waals surface area contributed by atoms with Crippen molar-refractivity contribution in [2.45, 2.75) is 6.92 Å². The summed E-state index contributed by atoms with van der Waals surface area (Å²) in [6.07, 6.45) is 0. The molecule has 0 amide bonds. The minimum Gasteiger partial charge on any atom is -0.550 e. The molecule has 7 heavy (non-hydrogen) atoms. The zero-order valence-corrected chi connectivity index (χ0v) is 4.05. The van der Waals surface area contributed by atoms with Gasteiger partial charge < -0.3 is 15.0 Å². The molecule has 0 spiro atoms. The number of hydrogen-bond acceptors (Lipinski definition) is 3. The van der Waals surface area contributed by atoms with Crippen molar-refractivity contribution in [3.05, 3.63) is 0 Å². The number of carbonyl (C=O) groups is 1. The largest absolute Gasteiger partial charge is 0.550 e. The lowest BCUT2D eigenvalue weighted by Gasteiger charge is -2.05. The molecule has 1 atom stereocenters. The Labute approximate surface area is 41.6 Å².